The first-order valence-corrected chi connectivity index (χ1v) is 13.3. The van der Waals surface area contributed by atoms with Crippen molar-refractivity contribution in [3.8, 4) is 0 Å². The third-order valence-electron chi connectivity index (χ3n) is 6.57. The number of likely N-dealkylation sites (N-methyl/N-ethyl adjacent to an activating group) is 1. The zero-order chi connectivity index (χ0) is 26.7. The monoisotopic (exact) mass is 548 g/mol. The van der Waals surface area contributed by atoms with Crippen LogP contribution in [0.3, 0.4) is 0 Å². The second-order valence-corrected chi connectivity index (χ2v) is 11.2. The molecule has 0 spiro atoms. The molecule has 198 valence electrons. The molecule has 13 heteroatoms. The Morgan fingerprint density at radius 2 is 1.89 bits per heavy atom. The molecule has 4 rings (SSSR count). The predicted molar refractivity (Wildman–Crippen MR) is 135 cm³/mol. The minimum Gasteiger partial charge on any atom is -0.349 e. The molecule has 1 aliphatic heterocycles. The summed E-state index contributed by atoms with van der Waals surface area (Å²) in [5, 5.41) is 9.04. The van der Waals surface area contributed by atoms with E-state index in [0.29, 0.717) is 29.3 Å². The van der Waals surface area contributed by atoms with Gasteiger partial charge in [0.25, 0.3) is 5.91 Å². The van der Waals surface area contributed by atoms with E-state index in [1.807, 2.05) is 7.05 Å². The fourth-order valence-corrected chi connectivity index (χ4v) is 5.82. The first kappa shape index (κ1) is 27.0. The van der Waals surface area contributed by atoms with E-state index >= 15 is 0 Å². The molecule has 1 aliphatic carbocycles. The molecule has 2 aromatic heterocycles. The van der Waals surface area contributed by atoms with Gasteiger partial charge in [-0.15, -0.1) is 11.3 Å². The number of fused-ring (bicyclic) bond motifs is 1. The lowest BCUT2D eigenvalue weighted by Gasteiger charge is -2.37. The van der Waals surface area contributed by atoms with E-state index in [0.717, 1.165) is 30.1 Å². The molecule has 1 saturated carbocycles. The number of carbonyl (C=O) groups excluding carboxylic acids is 4. The Bertz CT molecular complexity index is 1190. The molecule has 2 aliphatic rings. The quantitative estimate of drug-likeness (QED) is 0.458. The van der Waals surface area contributed by atoms with Crippen molar-refractivity contribution in [3.63, 3.8) is 0 Å². The first-order chi connectivity index (χ1) is 17.6. The van der Waals surface area contributed by atoms with Gasteiger partial charge in [-0.2, -0.15) is 0 Å². The van der Waals surface area contributed by atoms with Crippen LogP contribution in [0, 0.1) is 17.5 Å². The third-order valence-corrected chi connectivity index (χ3v) is 7.90. The van der Waals surface area contributed by atoms with Gasteiger partial charge < -0.3 is 25.8 Å². The standard InChI is InChI=1S/C24H30ClN7O4S/c1-31(2)24(36)13-4-6-15(27-20(33)21(34)30-19-7-5-14(25)11-26-19)17(10-13)28-22(35)23-29-16-8-9-32(3)12-18(16)37-23/h5,7,11,13,15,17,25H,4,6,8-10,12H2,1-3H3,(H2-,26,27,28,30,33,34,35)/p+1/t13-,15-,17-/m0/s1. The fraction of sp³-hybridized carbons (Fsp3) is 0.500. The van der Waals surface area contributed by atoms with Gasteiger partial charge in [-0.25, -0.2) is 9.97 Å². The Balaban J connectivity index is 1.45. The Morgan fingerprint density at radius 3 is 2.59 bits per heavy atom. The zero-order valence-corrected chi connectivity index (χ0v) is 22.6. The maximum atomic E-state index is 13.2. The summed E-state index contributed by atoms with van der Waals surface area (Å²) >= 11 is 6.34. The van der Waals surface area contributed by atoms with Gasteiger partial charge in [0.1, 0.15) is 5.82 Å². The van der Waals surface area contributed by atoms with E-state index in [1.165, 1.54) is 28.5 Å². The largest absolute Gasteiger partial charge is 0.349 e. The van der Waals surface area contributed by atoms with Crippen LogP contribution in [0.5, 0.6) is 0 Å². The summed E-state index contributed by atoms with van der Waals surface area (Å²) < 4.78 is 0. The molecule has 0 aromatic carbocycles. The maximum Gasteiger partial charge on any atom is 0.314 e. The molecule has 37 heavy (non-hydrogen) atoms. The number of halogens is 1. The van der Waals surface area contributed by atoms with Crippen LogP contribution < -0.4 is 16.0 Å². The number of thiazole rings is 1. The van der Waals surface area contributed by atoms with Gasteiger partial charge in [-0.05, 0) is 32.4 Å². The summed E-state index contributed by atoms with van der Waals surface area (Å²) in [6.45, 7) is 1.64. The Morgan fingerprint density at radius 1 is 1.11 bits per heavy atom. The minimum atomic E-state index is -0.877. The van der Waals surface area contributed by atoms with Crippen molar-refractivity contribution in [1.29, 1.82) is 0 Å². The van der Waals surface area contributed by atoms with Crippen LogP contribution in [-0.2, 0) is 27.3 Å². The van der Waals surface area contributed by atoms with Crippen LogP contribution in [0.2, 0.25) is 5.02 Å². The Hall–Kier alpha value is -3.09. The summed E-state index contributed by atoms with van der Waals surface area (Å²) in [5.74, 6) is -2.21. The summed E-state index contributed by atoms with van der Waals surface area (Å²) in [4.78, 5) is 64.3. The van der Waals surface area contributed by atoms with Crippen LogP contribution in [0.15, 0.2) is 18.3 Å². The number of amides is 4. The number of hydrogen-bond donors (Lipinski definition) is 3. The summed E-state index contributed by atoms with van der Waals surface area (Å²) in [7, 11) is 5.41. The molecule has 3 N–H and O–H groups in total. The number of rotatable bonds is 5. The highest BCUT2D eigenvalue weighted by Crippen LogP contribution is 2.28. The lowest BCUT2D eigenvalue weighted by atomic mass is 9.81. The second kappa shape index (κ2) is 11.5. The molecule has 0 saturated heterocycles. The minimum absolute atomic E-state index is 0.0363. The van der Waals surface area contributed by atoms with E-state index in [9.17, 15) is 19.2 Å². The van der Waals surface area contributed by atoms with Crippen LogP contribution >= 0.6 is 11.3 Å². The van der Waals surface area contributed by atoms with E-state index in [2.05, 4.69) is 30.8 Å². The Kier molecular flexibility index (Phi) is 8.40. The number of nitrogens with one attached hydrogen (secondary N) is 3. The molecular formula is C24H31ClN7O4S+. The van der Waals surface area contributed by atoms with Gasteiger partial charge in [0.05, 0.1) is 17.9 Å². The Labute approximate surface area is 224 Å². The second-order valence-electron chi connectivity index (χ2n) is 9.61. The smallest absolute Gasteiger partial charge is 0.314 e. The SMILES string of the molecule is CN1CCc2nc(C(=O)N[C@H]3C[C@@H](C(=O)N(C)C)CC[C@@H]3NC(=O)C(=O)Nc3ccc([ClH+])cn3)sc2C1. The molecular weight excluding hydrogens is 518 g/mol. The lowest BCUT2D eigenvalue weighted by Crippen LogP contribution is -2.57. The van der Waals surface area contributed by atoms with Crippen molar-refractivity contribution in [2.45, 2.75) is 44.3 Å². The van der Waals surface area contributed by atoms with Crippen molar-refractivity contribution >= 4 is 40.8 Å². The highest BCUT2D eigenvalue weighted by Gasteiger charge is 2.37. The van der Waals surface area contributed by atoms with Crippen LogP contribution in [0.4, 0.5) is 5.82 Å². The average Bonchev–Trinajstić information content (AvgIpc) is 3.29. The zero-order valence-electron chi connectivity index (χ0n) is 20.9. The van der Waals surface area contributed by atoms with Crippen LogP contribution in [0.1, 0.15) is 39.6 Å². The number of hydrogen-bond acceptors (Lipinski definition) is 8. The van der Waals surface area contributed by atoms with Crippen molar-refractivity contribution in [3.05, 3.63) is 38.9 Å². The van der Waals surface area contributed by atoms with E-state index in [4.69, 9.17) is 11.6 Å². The maximum absolute atomic E-state index is 13.2. The van der Waals surface area contributed by atoms with Gasteiger partial charge in [0, 0.05) is 56.5 Å². The van der Waals surface area contributed by atoms with Crippen molar-refractivity contribution < 1.29 is 30.8 Å². The molecule has 0 radical (unpaired) electrons. The molecule has 2 aromatic rings. The number of pyridine rings is 1. The molecule has 4 amide bonds. The van der Waals surface area contributed by atoms with Gasteiger partial charge in [-0.1, -0.05) is 0 Å². The van der Waals surface area contributed by atoms with Crippen molar-refractivity contribution in [1.82, 2.24) is 30.4 Å². The number of anilines is 1. The van der Waals surface area contributed by atoms with Crippen molar-refractivity contribution in [2.24, 2.45) is 5.92 Å². The lowest BCUT2D eigenvalue weighted by molar-refractivity contribution is -0.289. The van der Waals surface area contributed by atoms with Crippen LogP contribution in [-0.4, -0.2) is 83.2 Å². The molecule has 3 heterocycles. The number of nitrogens with zero attached hydrogens (tertiary/aromatic N) is 4. The van der Waals surface area contributed by atoms with Gasteiger partial charge >= 0.3 is 11.8 Å². The molecule has 3 atom stereocenters. The predicted octanol–water partition coefficient (Wildman–Crippen LogP) is 0.332. The average molecular weight is 549 g/mol. The van der Waals surface area contributed by atoms with Crippen molar-refractivity contribution in [2.75, 3.05) is 33.0 Å². The van der Waals surface area contributed by atoms with Gasteiger partial charge in [0.15, 0.2) is 16.6 Å². The third kappa shape index (κ3) is 6.62. The summed E-state index contributed by atoms with van der Waals surface area (Å²) in [6, 6.07) is 2.03. The molecule has 0 unspecified atom stereocenters. The van der Waals surface area contributed by atoms with E-state index in [-0.39, 0.29) is 23.6 Å². The number of aromatic nitrogens is 2. The highest BCUT2D eigenvalue weighted by molar-refractivity contribution is 7.13. The van der Waals surface area contributed by atoms with E-state index < -0.39 is 23.9 Å². The summed E-state index contributed by atoms with van der Waals surface area (Å²) in [6.07, 6.45) is 3.49. The van der Waals surface area contributed by atoms with Gasteiger partial charge in [0.2, 0.25) is 10.9 Å². The fourth-order valence-electron chi connectivity index (χ4n) is 4.60. The van der Waals surface area contributed by atoms with Gasteiger partial charge in [-0.3, -0.25) is 19.2 Å². The summed E-state index contributed by atoms with van der Waals surface area (Å²) in [5.41, 5.74) is 0.941. The first-order valence-electron chi connectivity index (χ1n) is 12.0. The highest BCUT2D eigenvalue weighted by atomic mass is 35.5. The topological polar surface area (TPSA) is 137 Å². The molecule has 11 nitrogen and oxygen atoms in total. The molecule has 0 bridgehead atoms. The normalized spacial score (nSPS) is 21.5. The number of carbonyl (C=O) groups is 4. The molecule has 1 fully saturated rings. The van der Waals surface area contributed by atoms with Crippen LogP contribution in [0.25, 0.3) is 0 Å². The van der Waals surface area contributed by atoms with E-state index in [1.54, 1.807) is 20.2 Å².